The molecule has 0 amide bonds. The predicted molar refractivity (Wildman–Crippen MR) is 118 cm³/mol. The van der Waals surface area contributed by atoms with Crippen molar-refractivity contribution in [2.75, 3.05) is 18.0 Å². The molecule has 0 aliphatic carbocycles. The predicted octanol–water partition coefficient (Wildman–Crippen LogP) is 3.76. The molecule has 33 heavy (non-hydrogen) atoms. The topological polar surface area (TPSA) is 108 Å². The van der Waals surface area contributed by atoms with Crippen molar-refractivity contribution in [3.05, 3.63) is 59.7 Å². The average molecular weight is 459 g/mol. The molecule has 1 saturated heterocycles. The highest BCUT2D eigenvalue weighted by molar-refractivity contribution is 5.79. The van der Waals surface area contributed by atoms with Gasteiger partial charge >= 0.3 is 12.1 Å². The van der Waals surface area contributed by atoms with Gasteiger partial charge in [0, 0.05) is 19.1 Å². The Bertz CT molecular complexity index is 1150. The zero-order valence-electron chi connectivity index (χ0n) is 18.0. The fourth-order valence-corrected chi connectivity index (χ4v) is 3.61. The largest absolute Gasteiger partial charge is 0.490 e. The summed E-state index contributed by atoms with van der Waals surface area (Å²) >= 11 is 0. The molecule has 174 valence electrons. The molecule has 3 N–H and O–H groups in total. The lowest BCUT2D eigenvalue weighted by Gasteiger charge is -2.36. The molecule has 2 heterocycles. The average Bonchev–Trinajstić information content (AvgIpc) is 3.14. The van der Waals surface area contributed by atoms with E-state index in [4.69, 9.17) is 25.9 Å². The van der Waals surface area contributed by atoms with Gasteiger partial charge in [0.1, 0.15) is 0 Å². The van der Waals surface area contributed by atoms with Crippen LogP contribution in [0.25, 0.3) is 11.0 Å². The van der Waals surface area contributed by atoms with Crippen LogP contribution in [0, 0.1) is 17.2 Å². The number of rotatable bonds is 3. The number of aliphatic carboxylic acids is 1. The highest BCUT2D eigenvalue weighted by atomic mass is 19.4. The van der Waals surface area contributed by atoms with Crippen molar-refractivity contribution < 1.29 is 23.1 Å². The Morgan fingerprint density at radius 1 is 1.24 bits per heavy atom. The maximum Gasteiger partial charge on any atom is 0.490 e. The minimum absolute atomic E-state index is 0.173. The first kappa shape index (κ1) is 24.1. The smallest absolute Gasteiger partial charge is 0.475 e. The highest BCUT2D eigenvalue weighted by Crippen LogP contribution is 2.27. The monoisotopic (exact) mass is 459 g/mol. The van der Waals surface area contributed by atoms with Gasteiger partial charge in [-0.1, -0.05) is 31.2 Å². The van der Waals surface area contributed by atoms with Crippen molar-refractivity contribution in [2.45, 2.75) is 32.1 Å². The number of fused-ring (bicyclic) bond motifs is 1. The number of carbonyl (C=O) groups is 1. The van der Waals surface area contributed by atoms with Crippen LogP contribution in [0.4, 0.5) is 19.1 Å². The number of nitrogens with zero attached hydrogens (tertiary/aromatic N) is 4. The van der Waals surface area contributed by atoms with Crippen molar-refractivity contribution in [2.24, 2.45) is 11.7 Å². The van der Waals surface area contributed by atoms with Gasteiger partial charge < -0.3 is 20.3 Å². The Morgan fingerprint density at radius 2 is 1.88 bits per heavy atom. The summed E-state index contributed by atoms with van der Waals surface area (Å²) in [5.41, 5.74) is 10.3. The third kappa shape index (κ3) is 5.81. The molecule has 1 aliphatic heterocycles. The molecular weight excluding hydrogens is 435 g/mol. The lowest BCUT2D eigenvalue weighted by Crippen LogP contribution is -2.48. The first-order valence-corrected chi connectivity index (χ1v) is 10.3. The van der Waals surface area contributed by atoms with Gasteiger partial charge in [-0.2, -0.15) is 18.4 Å². The quantitative estimate of drug-likeness (QED) is 0.617. The van der Waals surface area contributed by atoms with E-state index in [1.165, 1.54) is 0 Å². The first-order valence-electron chi connectivity index (χ1n) is 10.3. The lowest BCUT2D eigenvalue weighted by molar-refractivity contribution is -0.192. The zero-order chi connectivity index (χ0) is 24.2. The highest BCUT2D eigenvalue weighted by Gasteiger charge is 2.38. The van der Waals surface area contributed by atoms with Crippen LogP contribution in [0.1, 0.15) is 24.5 Å². The molecule has 10 heteroatoms. The van der Waals surface area contributed by atoms with Crippen molar-refractivity contribution >= 4 is 23.0 Å². The summed E-state index contributed by atoms with van der Waals surface area (Å²) in [6.45, 7) is 4.76. The zero-order valence-corrected chi connectivity index (χ0v) is 18.0. The van der Waals surface area contributed by atoms with Gasteiger partial charge in [-0.25, -0.2) is 9.78 Å². The van der Waals surface area contributed by atoms with E-state index in [0.717, 1.165) is 48.6 Å². The lowest BCUT2D eigenvalue weighted by atomic mass is 9.94. The van der Waals surface area contributed by atoms with Crippen LogP contribution in [0.15, 0.2) is 48.5 Å². The summed E-state index contributed by atoms with van der Waals surface area (Å²) in [5.74, 6) is -1.23. The molecule has 2 atom stereocenters. The molecule has 1 aliphatic rings. The van der Waals surface area contributed by atoms with Crippen molar-refractivity contribution in [3.63, 3.8) is 0 Å². The van der Waals surface area contributed by atoms with Crippen LogP contribution in [0.2, 0.25) is 0 Å². The van der Waals surface area contributed by atoms with Gasteiger partial charge in [0.05, 0.1) is 29.2 Å². The Morgan fingerprint density at radius 3 is 2.45 bits per heavy atom. The van der Waals surface area contributed by atoms with Crippen LogP contribution < -0.4 is 10.6 Å². The summed E-state index contributed by atoms with van der Waals surface area (Å²) in [5, 5.41) is 16.1. The van der Waals surface area contributed by atoms with E-state index < -0.39 is 12.1 Å². The minimum atomic E-state index is -5.08. The molecule has 2 aromatic carbocycles. The van der Waals surface area contributed by atoms with Gasteiger partial charge in [-0.15, -0.1) is 0 Å². The fourth-order valence-electron chi connectivity index (χ4n) is 3.61. The van der Waals surface area contributed by atoms with E-state index in [2.05, 4.69) is 34.6 Å². The standard InChI is InChI=1S/C21H23N5.C2HF3O2/c1-15-10-11-25(14-18(15)23)21-24-19-4-2-3-5-20(19)26(21)13-17-8-6-16(12-22)7-9-17;3-2(4,5)1(6)7/h2-9,15,18H,10-11,13-14,23H2,1H3;(H,6,7)/t15-,18+;/m0./s1. The number of piperidine rings is 1. The van der Waals surface area contributed by atoms with Crippen LogP contribution in [-0.2, 0) is 11.3 Å². The number of aromatic nitrogens is 2. The molecule has 0 saturated carbocycles. The maximum atomic E-state index is 10.6. The van der Waals surface area contributed by atoms with E-state index in [1.54, 1.807) is 0 Å². The van der Waals surface area contributed by atoms with E-state index in [-0.39, 0.29) is 6.04 Å². The number of nitrogens with two attached hydrogens (primary N) is 1. The SMILES string of the molecule is C[C@H]1CCN(c2nc3ccccc3n2Cc2ccc(C#N)cc2)C[C@H]1N.O=C(O)C(F)(F)F. The van der Waals surface area contributed by atoms with Crippen molar-refractivity contribution in [1.82, 2.24) is 9.55 Å². The van der Waals surface area contributed by atoms with Gasteiger partial charge in [0.25, 0.3) is 0 Å². The van der Waals surface area contributed by atoms with E-state index >= 15 is 0 Å². The number of nitriles is 1. The number of hydrogen-bond donors (Lipinski definition) is 2. The molecule has 0 spiro atoms. The fraction of sp³-hybridized carbons (Fsp3) is 0.348. The second-order valence-corrected chi connectivity index (χ2v) is 7.97. The summed E-state index contributed by atoms with van der Waals surface area (Å²) in [6, 6.07) is 18.4. The van der Waals surface area contributed by atoms with Crippen LogP contribution in [0.5, 0.6) is 0 Å². The molecule has 1 aromatic heterocycles. The Hall–Kier alpha value is -3.58. The Balaban J connectivity index is 0.000000383. The summed E-state index contributed by atoms with van der Waals surface area (Å²) in [6.07, 6.45) is -4.00. The Labute approximate surface area is 188 Å². The summed E-state index contributed by atoms with van der Waals surface area (Å²) in [4.78, 5) is 16.1. The van der Waals surface area contributed by atoms with E-state index in [9.17, 15) is 13.2 Å². The van der Waals surface area contributed by atoms with Gasteiger partial charge in [-0.05, 0) is 42.2 Å². The van der Waals surface area contributed by atoms with Crippen LogP contribution in [-0.4, -0.2) is 45.9 Å². The molecule has 1 fully saturated rings. The second kappa shape index (κ2) is 9.92. The number of hydrogen-bond acceptors (Lipinski definition) is 5. The molecule has 4 rings (SSSR count). The summed E-state index contributed by atoms with van der Waals surface area (Å²) in [7, 11) is 0. The van der Waals surface area contributed by atoms with Crippen molar-refractivity contribution in [1.29, 1.82) is 5.26 Å². The van der Waals surface area contributed by atoms with Gasteiger partial charge in [0.2, 0.25) is 5.95 Å². The van der Waals surface area contributed by atoms with E-state index in [1.807, 2.05) is 36.4 Å². The maximum absolute atomic E-state index is 10.6. The van der Waals surface area contributed by atoms with Gasteiger partial charge in [-0.3, -0.25) is 0 Å². The van der Waals surface area contributed by atoms with Crippen LogP contribution >= 0.6 is 0 Å². The van der Waals surface area contributed by atoms with E-state index in [0.29, 0.717) is 11.5 Å². The molecular formula is C23H24F3N5O2. The number of carboxylic acid groups (broad SMARTS) is 1. The third-order valence-corrected chi connectivity index (χ3v) is 5.60. The third-order valence-electron chi connectivity index (χ3n) is 5.60. The number of imidazole rings is 1. The number of halogens is 3. The molecule has 3 aromatic rings. The first-order chi connectivity index (χ1) is 15.6. The normalized spacial score (nSPS) is 18.4. The molecule has 0 bridgehead atoms. The number of para-hydroxylation sites is 2. The second-order valence-electron chi connectivity index (χ2n) is 7.97. The molecule has 0 unspecified atom stereocenters. The Kier molecular flexibility index (Phi) is 7.23. The summed E-state index contributed by atoms with van der Waals surface area (Å²) < 4.78 is 34.0. The number of benzene rings is 2. The van der Waals surface area contributed by atoms with Crippen LogP contribution in [0.3, 0.4) is 0 Å². The number of alkyl halides is 3. The van der Waals surface area contributed by atoms with Crippen molar-refractivity contribution in [3.8, 4) is 6.07 Å². The number of anilines is 1. The molecule has 7 nitrogen and oxygen atoms in total. The number of carboxylic acids is 1. The molecule has 0 radical (unpaired) electrons. The minimum Gasteiger partial charge on any atom is -0.475 e. The van der Waals surface area contributed by atoms with Gasteiger partial charge in [0.15, 0.2) is 0 Å².